The second-order valence-electron chi connectivity index (χ2n) is 2.68. The second kappa shape index (κ2) is 5.26. The highest BCUT2D eigenvalue weighted by Crippen LogP contribution is 2.15. The molecule has 0 radical (unpaired) electrons. The number of hydrogen-bond donors (Lipinski definition) is 1. The van der Waals surface area contributed by atoms with E-state index in [0.717, 1.165) is 11.5 Å². The molecule has 8 heteroatoms. The Balaban J connectivity index is 2.20. The van der Waals surface area contributed by atoms with Crippen molar-refractivity contribution in [2.24, 2.45) is 0 Å². The first kappa shape index (κ1) is 12.2. The first-order valence-electron chi connectivity index (χ1n) is 4.16. The van der Waals surface area contributed by atoms with E-state index in [4.69, 9.17) is 0 Å². The summed E-state index contributed by atoms with van der Waals surface area (Å²) < 4.78 is 43.4. The number of anilines is 1. The van der Waals surface area contributed by atoms with E-state index in [0.29, 0.717) is 11.0 Å². The molecule has 1 rings (SSSR count). The van der Waals surface area contributed by atoms with E-state index < -0.39 is 12.8 Å². The molecule has 0 atom stereocenters. The number of hydrogen-bond acceptors (Lipinski definition) is 5. The minimum atomic E-state index is -4.27. The number of halogens is 3. The Morgan fingerprint density at radius 1 is 1.47 bits per heavy atom. The van der Waals surface area contributed by atoms with Gasteiger partial charge in [0.2, 0.25) is 5.13 Å². The summed E-state index contributed by atoms with van der Waals surface area (Å²) in [5, 5.41) is 3.43. The number of nitrogens with one attached hydrogen (secondary N) is 1. The van der Waals surface area contributed by atoms with Gasteiger partial charge in [-0.2, -0.15) is 17.5 Å². The molecule has 1 heterocycles. The molecule has 86 valence electrons. The van der Waals surface area contributed by atoms with Crippen molar-refractivity contribution in [2.75, 3.05) is 25.6 Å². The van der Waals surface area contributed by atoms with Crippen LogP contribution >= 0.6 is 11.5 Å². The molecule has 0 aliphatic carbocycles. The predicted molar refractivity (Wildman–Crippen MR) is 50.0 cm³/mol. The van der Waals surface area contributed by atoms with Gasteiger partial charge in [0.25, 0.3) is 0 Å². The molecule has 0 fully saturated rings. The van der Waals surface area contributed by atoms with Crippen LogP contribution in [0.15, 0.2) is 0 Å². The van der Waals surface area contributed by atoms with E-state index in [-0.39, 0.29) is 13.0 Å². The number of rotatable bonds is 5. The highest BCUT2D eigenvalue weighted by Gasteiger charge is 2.27. The first-order valence-corrected chi connectivity index (χ1v) is 4.93. The Kier molecular flexibility index (Phi) is 4.28. The van der Waals surface area contributed by atoms with Crippen molar-refractivity contribution in [3.63, 3.8) is 0 Å². The van der Waals surface area contributed by atoms with Crippen molar-refractivity contribution in [1.29, 1.82) is 0 Å². The van der Waals surface area contributed by atoms with Gasteiger partial charge in [-0.25, -0.2) is 4.98 Å². The van der Waals surface area contributed by atoms with Crippen LogP contribution in [0.3, 0.4) is 0 Å². The van der Waals surface area contributed by atoms with Crippen LogP contribution in [0, 0.1) is 0 Å². The van der Waals surface area contributed by atoms with Crippen LogP contribution in [0.4, 0.5) is 18.3 Å². The van der Waals surface area contributed by atoms with Gasteiger partial charge in [-0.15, -0.1) is 0 Å². The molecule has 0 amide bonds. The topological polar surface area (TPSA) is 47.0 Å². The lowest BCUT2D eigenvalue weighted by Crippen LogP contribution is -2.18. The molecule has 1 aromatic heterocycles. The van der Waals surface area contributed by atoms with Crippen LogP contribution in [0.25, 0.3) is 0 Å². The Morgan fingerprint density at radius 3 is 2.73 bits per heavy atom. The number of aromatic nitrogens is 2. The average molecular weight is 241 g/mol. The minimum Gasteiger partial charge on any atom is -0.372 e. The van der Waals surface area contributed by atoms with E-state index in [9.17, 15) is 13.2 Å². The molecule has 0 unspecified atom stereocenters. The maximum atomic E-state index is 11.7. The van der Waals surface area contributed by atoms with Crippen molar-refractivity contribution in [3.05, 3.63) is 5.82 Å². The summed E-state index contributed by atoms with van der Waals surface area (Å²) in [7, 11) is 1.70. The van der Waals surface area contributed by atoms with Crippen LogP contribution in [-0.4, -0.2) is 35.8 Å². The lowest BCUT2D eigenvalue weighted by Gasteiger charge is -2.05. The van der Waals surface area contributed by atoms with Gasteiger partial charge in [0.1, 0.15) is 12.4 Å². The van der Waals surface area contributed by atoms with Crippen LogP contribution in [0.2, 0.25) is 0 Å². The molecule has 4 nitrogen and oxygen atoms in total. The third kappa shape index (κ3) is 4.93. The van der Waals surface area contributed by atoms with Crippen molar-refractivity contribution in [2.45, 2.75) is 12.6 Å². The summed E-state index contributed by atoms with van der Waals surface area (Å²) in [5.41, 5.74) is 0. The van der Waals surface area contributed by atoms with Gasteiger partial charge >= 0.3 is 6.18 Å². The van der Waals surface area contributed by atoms with E-state index in [2.05, 4.69) is 19.4 Å². The van der Waals surface area contributed by atoms with E-state index >= 15 is 0 Å². The fraction of sp³-hybridized carbons (Fsp3) is 0.714. The highest BCUT2D eigenvalue weighted by molar-refractivity contribution is 7.09. The highest BCUT2D eigenvalue weighted by atomic mass is 32.1. The Bertz CT molecular complexity index is 302. The van der Waals surface area contributed by atoms with Crippen molar-refractivity contribution in [1.82, 2.24) is 9.36 Å². The largest absolute Gasteiger partial charge is 0.411 e. The van der Waals surface area contributed by atoms with E-state index in [1.807, 2.05) is 0 Å². The first-order chi connectivity index (χ1) is 7.01. The molecule has 0 bridgehead atoms. The molecule has 1 N–H and O–H groups in total. The molecule has 0 aliphatic heterocycles. The molecule has 15 heavy (non-hydrogen) atoms. The number of nitrogens with zero attached hydrogens (tertiary/aromatic N) is 2. The third-order valence-electron chi connectivity index (χ3n) is 1.42. The molecule has 0 spiro atoms. The molecule has 0 aromatic carbocycles. The second-order valence-corrected chi connectivity index (χ2v) is 3.44. The van der Waals surface area contributed by atoms with Crippen molar-refractivity contribution in [3.8, 4) is 0 Å². The minimum absolute atomic E-state index is 0.0284. The summed E-state index contributed by atoms with van der Waals surface area (Å²) in [6.45, 7) is -1.25. The van der Waals surface area contributed by atoms with Gasteiger partial charge in [0.15, 0.2) is 0 Å². The number of alkyl halides is 3. The maximum absolute atomic E-state index is 11.7. The van der Waals surface area contributed by atoms with Crippen LogP contribution < -0.4 is 5.32 Å². The lowest BCUT2D eigenvalue weighted by atomic mass is 10.4. The Morgan fingerprint density at radius 2 is 2.20 bits per heavy atom. The van der Waals surface area contributed by atoms with Gasteiger partial charge in [-0.1, -0.05) is 0 Å². The zero-order valence-corrected chi connectivity index (χ0v) is 8.78. The van der Waals surface area contributed by atoms with Crippen LogP contribution in [0.5, 0.6) is 0 Å². The summed E-state index contributed by atoms with van der Waals surface area (Å²) in [5.74, 6) is 0.492. The fourth-order valence-electron chi connectivity index (χ4n) is 0.808. The smallest absolute Gasteiger partial charge is 0.372 e. The molecule has 0 saturated heterocycles. The normalized spacial score (nSPS) is 11.7. The lowest BCUT2D eigenvalue weighted by molar-refractivity contribution is -0.173. The van der Waals surface area contributed by atoms with Gasteiger partial charge in [-0.05, 0) is 0 Å². The molecule has 1 aromatic rings. The van der Waals surface area contributed by atoms with E-state index in [1.165, 1.54) is 0 Å². The SMILES string of the molecule is CNc1nc(CCOCC(F)(F)F)ns1. The maximum Gasteiger partial charge on any atom is 0.411 e. The zero-order valence-electron chi connectivity index (χ0n) is 7.97. The molecular weight excluding hydrogens is 231 g/mol. The Hall–Kier alpha value is -0.890. The van der Waals surface area contributed by atoms with Gasteiger partial charge < -0.3 is 10.1 Å². The van der Waals surface area contributed by atoms with Crippen LogP contribution in [-0.2, 0) is 11.2 Å². The predicted octanol–water partition coefficient (Wildman–Crippen LogP) is 1.70. The molecule has 0 aliphatic rings. The monoisotopic (exact) mass is 241 g/mol. The standard InChI is InChI=1S/C7H10F3N3OS/c1-11-6-12-5(13-15-6)2-3-14-4-7(8,9)10/h2-4H2,1H3,(H,11,12,13). The third-order valence-corrected chi connectivity index (χ3v) is 2.19. The zero-order chi connectivity index (χ0) is 11.3. The van der Waals surface area contributed by atoms with Crippen molar-refractivity contribution < 1.29 is 17.9 Å². The van der Waals surface area contributed by atoms with Gasteiger partial charge in [0.05, 0.1) is 6.61 Å². The summed E-state index contributed by atoms with van der Waals surface area (Å²) in [4.78, 5) is 4.00. The molecular formula is C7H10F3N3OS. The van der Waals surface area contributed by atoms with Gasteiger partial charge in [0, 0.05) is 25.0 Å². The molecule has 0 saturated carbocycles. The average Bonchev–Trinajstić information content (AvgIpc) is 2.59. The fourth-order valence-corrected chi connectivity index (χ4v) is 1.37. The summed E-state index contributed by atoms with van der Waals surface area (Å²) >= 11 is 1.16. The summed E-state index contributed by atoms with van der Waals surface area (Å²) in [6.07, 6.45) is -3.99. The quantitative estimate of drug-likeness (QED) is 0.797. The van der Waals surface area contributed by atoms with E-state index in [1.54, 1.807) is 7.05 Å². The van der Waals surface area contributed by atoms with Crippen molar-refractivity contribution >= 4 is 16.7 Å². The number of ether oxygens (including phenoxy) is 1. The van der Waals surface area contributed by atoms with Gasteiger partial charge in [-0.3, -0.25) is 0 Å². The summed E-state index contributed by atoms with van der Waals surface area (Å²) in [6, 6.07) is 0. The Labute approximate surface area is 88.6 Å². The van der Waals surface area contributed by atoms with Crippen LogP contribution in [0.1, 0.15) is 5.82 Å².